The molecule has 5 rings (SSSR count). The number of carbonyl (C=O) groups excluding carboxylic acids is 2. The summed E-state index contributed by atoms with van der Waals surface area (Å²) in [7, 11) is -2.00. The van der Waals surface area contributed by atoms with Crippen LogP contribution in [0.5, 0.6) is 5.88 Å². The summed E-state index contributed by atoms with van der Waals surface area (Å²) in [5, 5.41) is 0. The second kappa shape index (κ2) is 13.6. The normalized spacial score (nSPS) is 19.8. The third-order valence-electron chi connectivity index (χ3n) is 8.32. The number of likely N-dealkylation sites (N-methyl/N-ethyl adjacent to an activating group) is 1. The van der Waals surface area contributed by atoms with Crippen LogP contribution >= 0.6 is 11.1 Å². The summed E-state index contributed by atoms with van der Waals surface area (Å²) in [5.41, 5.74) is 3.61. The number of carbonyl (C=O) groups is 2. The quantitative estimate of drug-likeness (QED) is 0.196. The average Bonchev–Trinajstić information content (AvgIpc) is 3.38. The van der Waals surface area contributed by atoms with Crippen molar-refractivity contribution in [3.63, 3.8) is 0 Å². The van der Waals surface area contributed by atoms with E-state index in [2.05, 4.69) is 47.4 Å². The minimum Gasteiger partial charge on any atom is -0.476 e. The minimum atomic E-state index is -4.11. The lowest BCUT2D eigenvalue weighted by Crippen LogP contribution is -2.54. The Labute approximate surface area is 274 Å². The number of nitrogens with zero attached hydrogens (tertiary/aromatic N) is 4. The first kappa shape index (κ1) is 33.7. The number of cyclic esters (lactones) is 1. The molecule has 0 radical (unpaired) electrons. The molecule has 1 amide bonds. The highest BCUT2D eigenvalue weighted by atomic mass is 32.2. The maximum Gasteiger partial charge on any atom is 0.418 e. The number of rotatable bonds is 12. The zero-order chi connectivity index (χ0) is 33.2. The molecule has 0 saturated carbocycles. The third kappa shape index (κ3) is 7.81. The van der Waals surface area contributed by atoms with Crippen molar-refractivity contribution >= 4 is 39.4 Å². The Morgan fingerprint density at radius 1 is 1.13 bits per heavy atom. The van der Waals surface area contributed by atoms with Gasteiger partial charge in [-0.3, -0.25) is 14.0 Å². The van der Waals surface area contributed by atoms with E-state index in [-0.39, 0.29) is 39.8 Å². The Kier molecular flexibility index (Phi) is 9.95. The van der Waals surface area contributed by atoms with Crippen LogP contribution in [0.4, 0.5) is 10.7 Å². The standard InChI is InChI=1S/C33H43N5O6S2/c1-22-9-7-10-23(2)30(22)28-16-29(35-31(34-28)36-46(41,42)27-12-8-11-24(15-27)18-39)44-19-25(17-33(3,4)5)37(6)26-20-45(21-26)38-13-14-43-32(38)40/h7-12,15-16,18,25-26,45H,13-14,17,19-21H2,1-6H3,(H,34,35,36)/t25-/m1/s1. The van der Waals surface area contributed by atoms with Crippen LogP contribution in [0.3, 0.4) is 0 Å². The molecular weight excluding hydrogens is 627 g/mol. The highest BCUT2D eigenvalue weighted by Crippen LogP contribution is 2.45. The summed E-state index contributed by atoms with van der Waals surface area (Å²) in [4.78, 5) is 34.7. The van der Waals surface area contributed by atoms with Gasteiger partial charge in [-0.1, -0.05) is 51.1 Å². The van der Waals surface area contributed by atoms with E-state index in [1.165, 1.54) is 24.3 Å². The molecule has 3 heterocycles. The smallest absolute Gasteiger partial charge is 0.418 e. The van der Waals surface area contributed by atoms with Gasteiger partial charge in [-0.25, -0.2) is 22.9 Å². The fourth-order valence-corrected chi connectivity index (χ4v) is 9.29. The van der Waals surface area contributed by atoms with Gasteiger partial charge in [0.1, 0.15) is 19.5 Å². The van der Waals surface area contributed by atoms with Crippen molar-refractivity contribution in [1.29, 1.82) is 0 Å². The highest BCUT2D eigenvalue weighted by molar-refractivity contribution is 8.16. The molecule has 13 heteroatoms. The fraction of sp³-hybridized carbons (Fsp3) is 0.455. The maximum absolute atomic E-state index is 13.3. The first-order chi connectivity index (χ1) is 21.7. The Hall–Kier alpha value is -3.68. The van der Waals surface area contributed by atoms with Gasteiger partial charge in [0.2, 0.25) is 11.8 Å². The first-order valence-electron chi connectivity index (χ1n) is 15.3. The summed E-state index contributed by atoms with van der Waals surface area (Å²) in [6, 6.07) is 13.8. The van der Waals surface area contributed by atoms with Crippen molar-refractivity contribution in [2.24, 2.45) is 5.41 Å². The summed E-state index contributed by atoms with van der Waals surface area (Å²) in [6.07, 6.45) is 1.25. The van der Waals surface area contributed by atoms with Crippen molar-refractivity contribution in [2.45, 2.75) is 58.0 Å². The summed E-state index contributed by atoms with van der Waals surface area (Å²) >= 11 is -0.527. The second-order valence-corrected chi connectivity index (χ2v) is 17.0. The maximum atomic E-state index is 13.3. The molecule has 0 unspecified atom stereocenters. The predicted molar refractivity (Wildman–Crippen MR) is 181 cm³/mol. The molecule has 248 valence electrons. The summed E-state index contributed by atoms with van der Waals surface area (Å²) in [6.45, 7) is 12.0. The zero-order valence-corrected chi connectivity index (χ0v) is 28.9. The predicted octanol–water partition coefficient (Wildman–Crippen LogP) is 5.24. The number of aryl methyl sites for hydroxylation is 2. The topological polar surface area (TPSA) is 131 Å². The molecule has 0 aliphatic carbocycles. The van der Waals surface area contributed by atoms with Crippen LogP contribution in [-0.4, -0.2) is 90.4 Å². The lowest BCUT2D eigenvalue weighted by Gasteiger charge is -2.49. The lowest BCUT2D eigenvalue weighted by molar-refractivity contribution is 0.0951. The largest absolute Gasteiger partial charge is 0.476 e. The van der Waals surface area contributed by atoms with Gasteiger partial charge in [0.05, 0.1) is 17.1 Å². The van der Waals surface area contributed by atoms with Gasteiger partial charge in [0.15, 0.2) is 0 Å². The number of thiol groups is 1. The minimum absolute atomic E-state index is 0.0153. The van der Waals surface area contributed by atoms with E-state index < -0.39 is 21.1 Å². The van der Waals surface area contributed by atoms with E-state index in [9.17, 15) is 18.0 Å². The van der Waals surface area contributed by atoms with Crippen molar-refractivity contribution in [3.8, 4) is 17.1 Å². The van der Waals surface area contributed by atoms with E-state index >= 15 is 0 Å². The molecule has 1 N–H and O–H groups in total. The number of hydrogen-bond acceptors (Lipinski definition) is 9. The molecule has 1 aromatic heterocycles. The molecule has 11 nitrogen and oxygen atoms in total. The van der Waals surface area contributed by atoms with E-state index in [4.69, 9.17) is 9.47 Å². The van der Waals surface area contributed by atoms with Crippen LogP contribution < -0.4 is 9.46 Å². The first-order valence-corrected chi connectivity index (χ1v) is 18.5. The molecule has 0 spiro atoms. The van der Waals surface area contributed by atoms with Gasteiger partial charge in [0.25, 0.3) is 10.0 Å². The van der Waals surface area contributed by atoms with E-state index in [0.717, 1.165) is 34.6 Å². The molecule has 2 fully saturated rings. The van der Waals surface area contributed by atoms with E-state index in [0.29, 0.717) is 37.8 Å². The number of sulfonamides is 1. The van der Waals surface area contributed by atoms with Gasteiger partial charge < -0.3 is 9.47 Å². The number of aldehydes is 1. The summed E-state index contributed by atoms with van der Waals surface area (Å²) < 4.78 is 42.6. The highest BCUT2D eigenvalue weighted by Gasteiger charge is 2.40. The SMILES string of the molecule is Cc1cccc(C)c1-c1cc(OC[C@@H](CC(C)(C)C)N(C)C2C[SH](N3CCOC3=O)C2)nc(NS(=O)(=O)c2cccc(C=O)c2)n1. The van der Waals surface area contributed by atoms with Gasteiger partial charge in [0, 0.05) is 40.8 Å². The van der Waals surface area contributed by atoms with Crippen LogP contribution in [0.25, 0.3) is 11.3 Å². The number of nitrogens with one attached hydrogen (secondary N) is 1. The van der Waals surface area contributed by atoms with Gasteiger partial charge in [-0.2, -0.15) is 16.1 Å². The van der Waals surface area contributed by atoms with Crippen LogP contribution in [0, 0.1) is 19.3 Å². The lowest BCUT2D eigenvalue weighted by atomic mass is 9.87. The van der Waals surface area contributed by atoms with Crippen molar-refractivity contribution in [2.75, 3.05) is 43.0 Å². The average molecular weight is 670 g/mol. The second-order valence-electron chi connectivity index (χ2n) is 13.1. The molecule has 46 heavy (non-hydrogen) atoms. The van der Waals surface area contributed by atoms with Crippen molar-refractivity contribution < 1.29 is 27.5 Å². The number of anilines is 1. The molecule has 3 aromatic rings. The van der Waals surface area contributed by atoms with Gasteiger partial charge >= 0.3 is 6.09 Å². The Morgan fingerprint density at radius 2 is 1.83 bits per heavy atom. The number of amides is 1. The van der Waals surface area contributed by atoms with Crippen molar-refractivity contribution in [1.82, 2.24) is 19.2 Å². The van der Waals surface area contributed by atoms with Crippen LogP contribution in [0.15, 0.2) is 53.4 Å². The van der Waals surface area contributed by atoms with Crippen LogP contribution in [0.1, 0.15) is 48.7 Å². The van der Waals surface area contributed by atoms with Crippen LogP contribution in [-0.2, 0) is 14.8 Å². The molecule has 2 aliphatic rings. The van der Waals surface area contributed by atoms with E-state index in [1.807, 2.05) is 36.4 Å². The Bertz CT molecular complexity index is 1680. The molecule has 1 atom stereocenters. The number of ether oxygens (including phenoxy) is 2. The van der Waals surface area contributed by atoms with Gasteiger partial charge in [-0.15, -0.1) is 0 Å². The monoisotopic (exact) mass is 669 g/mol. The number of hydrogen-bond donors (Lipinski definition) is 2. The van der Waals surface area contributed by atoms with Crippen molar-refractivity contribution in [3.05, 3.63) is 65.2 Å². The third-order valence-corrected chi connectivity index (χ3v) is 12.4. The zero-order valence-electron chi connectivity index (χ0n) is 27.2. The van der Waals surface area contributed by atoms with Crippen LogP contribution in [0.2, 0.25) is 0 Å². The molecule has 0 bridgehead atoms. The summed E-state index contributed by atoms with van der Waals surface area (Å²) in [5.74, 6) is 1.98. The molecule has 2 saturated heterocycles. The number of benzene rings is 2. The number of aromatic nitrogens is 2. The molecular formula is C33H43N5O6S2. The van der Waals surface area contributed by atoms with E-state index in [1.54, 1.807) is 6.07 Å². The Balaban J connectivity index is 1.41. The van der Waals surface area contributed by atoms with Gasteiger partial charge in [-0.05, 0) is 56.0 Å². The molecule has 2 aromatic carbocycles. The molecule has 2 aliphatic heterocycles. The fourth-order valence-electron chi connectivity index (χ4n) is 5.86. The Morgan fingerprint density at radius 3 is 2.46 bits per heavy atom.